The Morgan fingerprint density at radius 3 is 2.25 bits per heavy atom. The van der Waals surface area contributed by atoms with Crippen molar-refractivity contribution in [2.45, 2.75) is 13.1 Å². The molecule has 0 radical (unpaired) electrons. The molecule has 0 saturated heterocycles. The third-order valence-corrected chi connectivity index (χ3v) is 2.76. The van der Waals surface area contributed by atoms with Gasteiger partial charge in [0.1, 0.15) is 0 Å². The van der Waals surface area contributed by atoms with Gasteiger partial charge in [-0.25, -0.2) is 13.2 Å². The Morgan fingerprint density at radius 2 is 1.60 bits per heavy atom. The third kappa shape index (κ3) is 3.37. The molecule has 2 aromatic rings. The minimum Gasteiger partial charge on any atom is -0.309 e. The Bertz CT molecular complexity index is 639. The predicted molar refractivity (Wildman–Crippen MR) is 68.0 cm³/mol. The summed E-state index contributed by atoms with van der Waals surface area (Å²) in [5, 5.41) is 11.7. The zero-order valence-corrected chi connectivity index (χ0v) is 10.5. The smallest absolute Gasteiger partial charge is 0.194 e. The Morgan fingerprint density at radius 1 is 0.950 bits per heavy atom. The van der Waals surface area contributed by atoms with Gasteiger partial charge in [0, 0.05) is 13.1 Å². The van der Waals surface area contributed by atoms with Crippen molar-refractivity contribution in [2.75, 3.05) is 0 Å². The van der Waals surface area contributed by atoms with Gasteiger partial charge in [0.15, 0.2) is 17.5 Å². The molecule has 20 heavy (non-hydrogen) atoms. The standard InChI is InChI=1S/C15H11F3N2/c16-13-5-12(6-14(17)15(13)18)9-20-8-11-3-1-2-10(4-11)7-19/h1-6,20H,8-9H2. The van der Waals surface area contributed by atoms with E-state index in [1.165, 1.54) is 0 Å². The zero-order valence-electron chi connectivity index (χ0n) is 10.5. The molecule has 2 rings (SSSR count). The Balaban J connectivity index is 1.98. The molecule has 0 aliphatic rings. The van der Waals surface area contributed by atoms with E-state index in [0.717, 1.165) is 17.7 Å². The highest BCUT2D eigenvalue weighted by atomic mass is 19.2. The first-order valence-corrected chi connectivity index (χ1v) is 5.93. The molecular formula is C15H11F3N2. The lowest BCUT2D eigenvalue weighted by molar-refractivity contribution is 0.444. The van der Waals surface area contributed by atoms with Crippen LogP contribution in [0.1, 0.15) is 16.7 Å². The lowest BCUT2D eigenvalue weighted by Crippen LogP contribution is -2.13. The normalized spacial score (nSPS) is 10.3. The maximum absolute atomic E-state index is 13.0. The minimum absolute atomic E-state index is 0.199. The number of hydrogen-bond acceptors (Lipinski definition) is 2. The summed E-state index contributed by atoms with van der Waals surface area (Å²) in [5.74, 6) is -3.86. The molecule has 0 spiro atoms. The Labute approximate surface area is 114 Å². The molecule has 1 N–H and O–H groups in total. The molecule has 5 heteroatoms. The highest BCUT2D eigenvalue weighted by Crippen LogP contribution is 2.13. The van der Waals surface area contributed by atoms with E-state index in [4.69, 9.17) is 5.26 Å². The van der Waals surface area contributed by atoms with Gasteiger partial charge in [0.2, 0.25) is 0 Å². The van der Waals surface area contributed by atoms with Crippen LogP contribution in [0.15, 0.2) is 36.4 Å². The van der Waals surface area contributed by atoms with E-state index >= 15 is 0 Å². The molecule has 102 valence electrons. The molecule has 0 aliphatic heterocycles. The van der Waals surface area contributed by atoms with Crippen molar-refractivity contribution < 1.29 is 13.2 Å². The largest absolute Gasteiger partial charge is 0.309 e. The van der Waals surface area contributed by atoms with E-state index in [-0.39, 0.29) is 6.54 Å². The number of rotatable bonds is 4. The molecular weight excluding hydrogens is 265 g/mol. The molecule has 0 unspecified atom stereocenters. The molecule has 0 saturated carbocycles. The Kier molecular flexibility index (Phi) is 4.38. The van der Waals surface area contributed by atoms with Crippen molar-refractivity contribution in [3.05, 3.63) is 70.5 Å². The predicted octanol–water partition coefficient (Wildman–Crippen LogP) is 3.27. The van der Waals surface area contributed by atoms with Crippen molar-refractivity contribution in [3.8, 4) is 6.07 Å². The van der Waals surface area contributed by atoms with Gasteiger partial charge >= 0.3 is 0 Å². The van der Waals surface area contributed by atoms with Crippen LogP contribution in [-0.2, 0) is 13.1 Å². The summed E-state index contributed by atoms with van der Waals surface area (Å²) in [4.78, 5) is 0. The first kappa shape index (κ1) is 14.1. The topological polar surface area (TPSA) is 35.8 Å². The van der Waals surface area contributed by atoms with Gasteiger partial charge in [-0.2, -0.15) is 5.26 Å². The molecule has 0 bridgehead atoms. The van der Waals surface area contributed by atoms with Crippen LogP contribution in [0.2, 0.25) is 0 Å². The molecule has 0 amide bonds. The van der Waals surface area contributed by atoms with Crippen LogP contribution in [0.25, 0.3) is 0 Å². The second-order valence-electron chi connectivity index (χ2n) is 4.29. The van der Waals surface area contributed by atoms with Gasteiger partial charge < -0.3 is 5.32 Å². The summed E-state index contributed by atoms with van der Waals surface area (Å²) in [6.07, 6.45) is 0. The van der Waals surface area contributed by atoms with Crippen molar-refractivity contribution in [1.29, 1.82) is 5.26 Å². The van der Waals surface area contributed by atoms with Crippen LogP contribution in [-0.4, -0.2) is 0 Å². The van der Waals surface area contributed by atoms with Gasteiger partial charge in [-0.3, -0.25) is 0 Å². The Hall–Kier alpha value is -2.32. The van der Waals surface area contributed by atoms with Crippen LogP contribution in [0.5, 0.6) is 0 Å². The highest BCUT2D eigenvalue weighted by molar-refractivity contribution is 5.32. The van der Waals surface area contributed by atoms with E-state index < -0.39 is 17.5 Å². The number of benzene rings is 2. The maximum Gasteiger partial charge on any atom is 0.194 e. The van der Waals surface area contributed by atoms with Crippen LogP contribution in [0, 0.1) is 28.8 Å². The van der Waals surface area contributed by atoms with Crippen LogP contribution in [0.4, 0.5) is 13.2 Å². The number of nitrogens with zero attached hydrogens (tertiary/aromatic N) is 1. The number of halogens is 3. The van der Waals surface area contributed by atoms with Crippen molar-refractivity contribution in [2.24, 2.45) is 0 Å². The van der Waals surface area contributed by atoms with Gasteiger partial charge in [-0.05, 0) is 35.4 Å². The van der Waals surface area contributed by atoms with E-state index in [1.807, 2.05) is 12.1 Å². The SMILES string of the molecule is N#Cc1cccc(CNCc2cc(F)c(F)c(F)c2)c1. The quantitative estimate of drug-likeness (QED) is 0.870. The van der Waals surface area contributed by atoms with Crippen molar-refractivity contribution >= 4 is 0 Å². The van der Waals surface area contributed by atoms with E-state index in [0.29, 0.717) is 17.7 Å². The summed E-state index contributed by atoms with van der Waals surface area (Å²) in [6.45, 7) is 0.640. The van der Waals surface area contributed by atoms with E-state index in [9.17, 15) is 13.2 Å². The van der Waals surface area contributed by atoms with Crippen molar-refractivity contribution in [3.63, 3.8) is 0 Å². The lowest BCUT2D eigenvalue weighted by Gasteiger charge is -2.06. The molecule has 0 fully saturated rings. The number of nitrogens with one attached hydrogen (secondary N) is 1. The average molecular weight is 276 g/mol. The van der Waals surface area contributed by atoms with Gasteiger partial charge in [-0.1, -0.05) is 12.1 Å². The maximum atomic E-state index is 13.0. The van der Waals surface area contributed by atoms with Crippen LogP contribution >= 0.6 is 0 Å². The molecule has 2 nitrogen and oxygen atoms in total. The van der Waals surface area contributed by atoms with Gasteiger partial charge in [-0.15, -0.1) is 0 Å². The second kappa shape index (κ2) is 6.22. The van der Waals surface area contributed by atoms with Crippen LogP contribution in [0.3, 0.4) is 0 Å². The average Bonchev–Trinajstić information content (AvgIpc) is 2.45. The summed E-state index contributed by atoms with van der Waals surface area (Å²) >= 11 is 0. The fourth-order valence-corrected chi connectivity index (χ4v) is 1.81. The zero-order chi connectivity index (χ0) is 14.5. The first-order chi connectivity index (χ1) is 9.60. The highest BCUT2D eigenvalue weighted by Gasteiger charge is 2.10. The monoisotopic (exact) mass is 276 g/mol. The summed E-state index contributed by atoms with van der Waals surface area (Å²) in [7, 11) is 0. The molecule has 2 aromatic carbocycles. The lowest BCUT2D eigenvalue weighted by atomic mass is 10.1. The number of nitriles is 1. The fourth-order valence-electron chi connectivity index (χ4n) is 1.81. The third-order valence-electron chi connectivity index (χ3n) is 2.76. The van der Waals surface area contributed by atoms with Crippen molar-refractivity contribution in [1.82, 2.24) is 5.32 Å². The number of hydrogen-bond donors (Lipinski definition) is 1. The van der Waals surface area contributed by atoms with Gasteiger partial charge in [0.05, 0.1) is 11.6 Å². The summed E-state index contributed by atoms with van der Waals surface area (Å²) in [6, 6.07) is 10.9. The minimum atomic E-state index is -1.46. The fraction of sp³-hybridized carbons (Fsp3) is 0.133. The first-order valence-electron chi connectivity index (χ1n) is 5.93. The van der Waals surface area contributed by atoms with E-state index in [2.05, 4.69) is 5.32 Å². The van der Waals surface area contributed by atoms with E-state index in [1.54, 1.807) is 18.2 Å². The van der Waals surface area contributed by atoms with Gasteiger partial charge in [0.25, 0.3) is 0 Å². The summed E-state index contributed by atoms with van der Waals surface area (Å²) in [5.41, 5.74) is 1.74. The summed E-state index contributed by atoms with van der Waals surface area (Å²) < 4.78 is 38.8. The molecule has 0 aromatic heterocycles. The second-order valence-corrected chi connectivity index (χ2v) is 4.29. The molecule has 0 aliphatic carbocycles. The molecule has 0 atom stereocenters. The van der Waals surface area contributed by atoms with Crippen LogP contribution < -0.4 is 5.32 Å². The molecule has 0 heterocycles.